The minimum absolute atomic E-state index is 0.160. The molecule has 1 aromatic rings. The summed E-state index contributed by atoms with van der Waals surface area (Å²) in [6.07, 6.45) is 0.601. The number of amides is 1. The molecular formula is C11H10Br2ClNO. The molecule has 1 amide bonds. The molecule has 1 unspecified atom stereocenters. The highest BCUT2D eigenvalue weighted by molar-refractivity contribution is 9.10. The van der Waals surface area contributed by atoms with Gasteiger partial charge >= 0.3 is 0 Å². The van der Waals surface area contributed by atoms with Gasteiger partial charge in [0.25, 0.3) is 0 Å². The van der Waals surface area contributed by atoms with Crippen LogP contribution in [0.3, 0.4) is 0 Å². The molecule has 1 aromatic carbocycles. The molecule has 0 bridgehead atoms. The Morgan fingerprint density at radius 1 is 1.50 bits per heavy atom. The van der Waals surface area contributed by atoms with E-state index in [2.05, 4.69) is 31.9 Å². The highest BCUT2D eigenvalue weighted by Gasteiger charge is 2.30. The molecule has 1 aliphatic heterocycles. The summed E-state index contributed by atoms with van der Waals surface area (Å²) in [4.78, 5) is 13.6. The van der Waals surface area contributed by atoms with E-state index < -0.39 is 0 Å². The highest BCUT2D eigenvalue weighted by Crippen LogP contribution is 2.33. The molecule has 0 aromatic heterocycles. The zero-order valence-corrected chi connectivity index (χ0v) is 12.3. The van der Waals surface area contributed by atoms with Crippen LogP contribution in [0.5, 0.6) is 0 Å². The third kappa shape index (κ3) is 2.44. The summed E-state index contributed by atoms with van der Waals surface area (Å²) < 4.78 is 0.903. The first-order chi connectivity index (χ1) is 7.61. The first-order valence-corrected chi connectivity index (χ1v) is 7.22. The Labute approximate surface area is 116 Å². The number of halogens is 3. The monoisotopic (exact) mass is 365 g/mol. The van der Waals surface area contributed by atoms with Crippen molar-refractivity contribution in [1.29, 1.82) is 0 Å². The van der Waals surface area contributed by atoms with Crippen LogP contribution in [0.4, 0.5) is 5.69 Å². The zero-order chi connectivity index (χ0) is 11.7. The Hall–Kier alpha value is -0.0600. The van der Waals surface area contributed by atoms with Crippen molar-refractivity contribution in [3.05, 3.63) is 27.7 Å². The molecule has 1 saturated heterocycles. The summed E-state index contributed by atoms with van der Waals surface area (Å²) in [6, 6.07) is 5.49. The smallest absolute Gasteiger partial charge is 0.227 e. The topological polar surface area (TPSA) is 20.3 Å². The molecule has 5 heteroatoms. The Bertz CT molecular complexity index is 424. The van der Waals surface area contributed by atoms with Crippen LogP contribution in [0.2, 0.25) is 5.02 Å². The molecule has 0 N–H and O–H groups in total. The number of hydrogen-bond donors (Lipinski definition) is 0. The van der Waals surface area contributed by atoms with Crippen molar-refractivity contribution in [3.63, 3.8) is 0 Å². The lowest BCUT2D eigenvalue weighted by Gasteiger charge is -2.18. The van der Waals surface area contributed by atoms with Gasteiger partial charge in [-0.3, -0.25) is 4.79 Å². The Morgan fingerprint density at radius 3 is 2.88 bits per heavy atom. The Kier molecular flexibility index (Phi) is 3.93. The van der Waals surface area contributed by atoms with Crippen LogP contribution >= 0.6 is 43.5 Å². The summed E-state index contributed by atoms with van der Waals surface area (Å²) in [5.41, 5.74) is 0.862. The van der Waals surface area contributed by atoms with Crippen molar-refractivity contribution < 1.29 is 4.79 Å². The number of hydrogen-bond acceptors (Lipinski definition) is 1. The lowest BCUT2D eigenvalue weighted by atomic mass is 10.2. The summed E-state index contributed by atoms with van der Waals surface area (Å²) >= 11 is 12.8. The molecule has 1 heterocycles. The molecule has 2 nitrogen and oxygen atoms in total. The number of rotatable bonds is 2. The van der Waals surface area contributed by atoms with Crippen molar-refractivity contribution in [1.82, 2.24) is 0 Å². The lowest BCUT2D eigenvalue weighted by molar-refractivity contribution is -0.117. The van der Waals surface area contributed by atoms with Gasteiger partial charge in [0.15, 0.2) is 0 Å². The van der Waals surface area contributed by atoms with E-state index in [0.29, 0.717) is 17.4 Å². The van der Waals surface area contributed by atoms with E-state index in [1.807, 2.05) is 12.1 Å². The fourth-order valence-electron chi connectivity index (χ4n) is 1.81. The van der Waals surface area contributed by atoms with Gasteiger partial charge < -0.3 is 4.90 Å². The fraction of sp³-hybridized carbons (Fsp3) is 0.364. The molecule has 0 spiro atoms. The van der Waals surface area contributed by atoms with Crippen molar-refractivity contribution in [2.75, 3.05) is 16.8 Å². The number of alkyl halides is 1. The van der Waals surface area contributed by atoms with E-state index in [0.717, 1.165) is 22.0 Å². The maximum Gasteiger partial charge on any atom is 0.227 e. The quantitative estimate of drug-likeness (QED) is 0.727. The maximum absolute atomic E-state index is 11.8. The number of carbonyl (C=O) groups is 1. The van der Waals surface area contributed by atoms with E-state index in [1.54, 1.807) is 11.0 Å². The standard InChI is InChI=1S/C11H10Br2ClNO/c12-5-7-3-11(16)15(6-7)10-4-8(14)1-2-9(10)13/h1-2,4,7H,3,5-6H2. The molecule has 1 atom stereocenters. The van der Waals surface area contributed by atoms with Gasteiger partial charge in [0.05, 0.1) is 5.69 Å². The number of nitrogens with zero attached hydrogens (tertiary/aromatic N) is 1. The van der Waals surface area contributed by atoms with Gasteiger partial charge in [0, 0.05) is 27.8 Å². The molecule has 2 rings (SSSR count). The van der Waals surface area contributed by atoms with Crippen LogP contribution in [0.1, 0.15) is 6.42 Å². The van der Waals surface area contributed by atoms with Crippen LogP contribution in [0, 0.1) is 5.92 Å². The average Bonchev–Trinajstić information content (AvgIpc) is 2.63. The fourth-order valence-corrected chi connectivity index (χ4v) is 2.87. The largest absolute Gasteiger partial charge is 0.311 e. The van der Waals surface area contributed by atoms with Gasteiger partial charge in [0.1, 0.15) is 0 Å². The van der Waals surface area contributed by atoms with Gasteiger partial charge in [-0.15, -0.1) is 0 Å². The Morgan fingerprint density at radius 2 is 2.25 bits per heavy atom. The minimum Gasteiger partial charge on any atom is -0.311 e. The van der Waals surface area contributed by atoms with Crippen LogP contribution in [0.15, 0.2) is 22.7 Å². The van der Waals surface area contributed by atoms with Gasteiger partial charge in [-0.25, -0.2) is 0 Å². The second-order valence-electron chi connectivity index (χ2n) is 3.82. The number of anilines is 1. The molecule has 1 fully saturated rings. The van der Waals surface area contributed by atoms with Gasteiger partial charge in [-0.2, -0.15) is 0 Å². The van der Waals surface area contributed by atoms with Crippen molar-refractivity contribution in [2.24, 2.45) is 5.92 Å². The molecular weight excluding hydrogens is 357 g/mol. The second kappa shape index (κ2) is 5.07. The average molecular weight is 367 g/mol. The first kappa shape index (κ1) is 12.4. The van der Waals surface area contributed by atoms with Gasteiger partial charge in [0.2, 0.25) is 5.91 Å². The van der Waals surface area contributed by atoms with Gasteiger partial charge in [-0.05, 0) is 40.0 Å². The predicted molar refractivity (Wildman–Crippen MR) is 73.4 cm³/mol. The second-order valence-corrected chi connectivity index (χ2v) is 5.76. The highest BCUT2D eigenvalue weighted by atomic mass is 79.9. The molecule has 0 saturated carbocycles. The van der Waals surface area contributed by atoms with E-state index in [-0.39, 0.29) is 5.91 Å². The van der Waals surface area contributed by atoms with E-state index in [4.69, 9.17) is 11.6 Å². The maximum atomic E-state index is 11.8. The minimum atomic E-state index is 0.160. The zero-order valence-electron chi connectivity index (χ0n) is 8.42. The number of benzene rings is 1. The molecule has 16 heavy (non-hydrogen) atoms. The third-order valence-electron chi connectivity index (χ3n) is 2.62. The third-order valence-corrected chi connectivity index (χ3v) is 4.44. The SMILES string of the molecule is O=C1CC(CBr)CN1c1cc(Cl)ccc1Br. The molecule has 86 valence electrons. The van der Waals surface area contributed by atoms with E-state index >= 15 is 0 Å². The lowest BCUT2D eigenvalue weighted by Crippen LogP contribution is -2.25. The summed E-state index contributed by atoms with van der Waals surface area (Å²) in [6.45, 7) is 0.753. The van der Waals surface area contributed by atoms with Crippen molar-refractivity contribution >= 4 is 55.1 Å². The van der Waals surface area contributed by atoms with Crippen molar-refractivity contribution in [3.8, 4) is 0 Å². The summed E-state index contributed by atoms with van der Waals surface area (Å²) in [7, 11) is 0. The van der Waals surface area contributed by atoms with Gasteiger partial charge in [-0.1, -0.05) is 27.5 Å². The van der Waals surface area contributed by atoms with E-state index in [1.165, 1.54) is 0 Å². The van der Waals surface area contributed by atoms with Crippen molar-refractivity contribution in [2.45, 2.75) is 6.42 Å². The number of carbonyl (C=O) groups excluding carboxylic acids is 1. The van der Waals surface area contributed by atoms with E-state index in [9.17, 15) is 4.79 Å². The molecule has 1 aliphatic rings. The first-order valence-electron chi connectivity index (χ1n) is 4.93. The Balaban J connectivity index is 2.30. The van der Waals surface area contributed by atoms with Crippen LogP contribution in [-0.2, 0) is 4.79 Å². The normalized spacial score (nSPS) is 20.6. The predicted octanol–water partition coefficient (Wildman–Crippen LogP) is 3.85. The van der Waals surface area contributed by atoms with Crippen LogP contribution < -0.4 is 4.90 Å². The molecule has 0 radical (unpaired) electrons. The summed E-state index contributed by atoms with van der Waals surface area (Å²) in [5.74, 6) is 0.547. The van der Waals surface area contributed by atoms with Crippen LogP contribution in [-0.4, -0.2) is 17.8 Å². The molecule has 0 aliphatic carbocycles. The summed E-state index contributed by atoms with van der Waals surface area (Å²) in [5, 5.41) is 1.50. The van der Waals surface area contributed by atoms with Crippen LogP contribution in [0.25, 0.3) is 0 Å².